The Kier molecular flexibility index (Phi) is 15.1. The molecule has 0 spiro atoms. The highest BCUT2D eigenvalue weighted by Gasteiger charge is 2.27. The molecule has 0 unspecified atom stereocenters. The van der Waals surface area contributed by atoms with Gasteiger partial charge in [0.1, 0.15) is 35.7 Å². The van der Waals surface area contributed by atoms with Crippen LogP contribution in [-0.2, 0) is 10.8 Å². The van der Waals surface area contributed by atoms with Crippen LogP contribution in [-0.4, -0.2) is 51.6 Å². The number of nitrogens with zero attached hydrogens (tertiary/aromatic N) is 2. The number of aromatic nitrogens is 2. The van der Waals surface area contributed by atoms with E-state index < -0.39 is 11.4 Å². The minimum absolute atomic E-state index is 0.159. The normalized spacial score (nSPS) is 11.2. The van der Waals surface area contributed by atoms with Gasteiger partial charge < -0.3 is 33.8 Å². The maximum Gasteiger partial charge on any atom is 0.335 e. The van der Waals surface area contributed by atoms with Gasteiger partial charge in [-0.15, -0.1) is 0 Å². The van der Waals surface area contributed by atoms with Crippen molar-refractivity contribution in [2.24, 2.45) is 5.73 Å². The Hall–Kier alpha value is -8.04. The summed E-state index contributed by atoms with van der Waals surface area (Å²) in [5, 5.41) is 11.8. The summed E-state index contributed by atoms with van der Waals surface area (Å²) < 4.78 is 47.8. The molecule has 0 saturated heterocycles. The molecule has 4 heterocycles. The van der Waals surface area contributed by atoms with Crippen LogP contribution in [0.2, 0.25) is 0 Å². The minimum Gasteiger partial charge on any atom is -0.478 e. The van der Waals surface area contributed by atoms with E-state index in [9.17, 15) is 28.0 Å². The molecule has 0 aliphatic carbocycles. The van der Waals surface area contributed by atoms with Crippen LogP contribution >= 0.6 is 0 Å². The van der Waals surface area contributed by atoms with E-state index in [0.29, 0.717) is 64.3 Å². The maximum atomic E-state index is 13.2. The summed E-state index contributed by atoms with van der Waals surface area (Å²) in [5.41, 5.74) is 9.84. The zero-order chi connectivity index (χ0) is 48.5. The summed E-state index contributed by atoms with van der Waals surface area (Å²) in [7, 11) is 0. The van der Waals surface area contributed by atoms with E-state index in [-0.39, 0.29) is 51.6 Å². The molecule has 4 N–H and O–H groups in total. The van der Waals surface area contributed by atoms with Crippen molar-refractivity contribution in [3.05, 3.63) is 180 Å². The van der Waals surface area contributed by atoms with Crippen molar-refractivity contribution < 1.29 is 50.7 Å². The maximum absolute atomic E-state index is 13.2. The summed E-state index contributed by atoms with van der Waals surface area (Å²) in [6.45, 7) is 11.5. The Labute approximate surface area is 384 Å². The molecule has 67 heavy (non-hydrogen) atoms. The number of carbonyl (C=O) groups is 4. The number of hydrogen-bond donors (Lipinski definition) is 3. The molecule has 0 bridgehead atoms. The second kappa shape index (κ2) is 20.9. The first kappa shape index (κ1) is 48.4. The summed E-state index contributed by atoms with van der Waals surface area (Å²) >= 11 is 0. The number of carboxylic acid groups (broad SMARTS) is 1. The van der Waals surface area contributed by atoms with E-state index in [4.69, 9.17) is 28.5 Å². The molecule has 4 aromatic carbocycles. The zero-order valence-corrected chi connectivity index (χ0v) is 37.6. The summed E-state index contributed by atoms with van der Waals surface area (Å²) in [5.74, 6) is 0.252. The van der Waals surface area contributed by atoms with E-state index in [1.165, 1.54) is 50.2 Å². The van der Waals surface area contributed by atoms with Crippen LogP contribution in [0.25, 0.3) is 45.6 Å². The molecule has 0 aliphatic heterocycles. The number of oxazole rings is 2. The molecule has 13 nitrogen and oxygen atoms in total. The van der Waals surface area contributed by atoms with E-state index in [0.717, 1.165) is 11.3 Å². The highest BCUT2D eigenvalue weighted by atomic mass is 19.1. The number of hydrogen-bond acceptors (Lipinski definition) is 11. The molecule has 344 valence electrons. The Morgan fingerprint density at radius 3 is 1.45 bits per heavy atom. The molecule has 1 amide bonds. The van der Waals surface area contributed by atoms with Crippen LogP contribution in [0.4, 0.5) is 8.78 Å². The van der Waals surface area contributed by atoms with Crippen molar-refractivity contribution >= 4 is 23.4 Å². The van der Waals surface area contributed by atoms with E-state index in [2.05, 4.69) is 15.3 Å². The van der Waals surface area contributed by atoms with Gasteiger partial charge in [-0.25, -0.2) is 23.5 Å². The van der Waals surface area contributed by atoms with Crippen molar-refractivity contribution in [1.82, 2.24) is 15.3 Å². The lowest BCUT2D eigenvalue weighted by Gasteiger charge is -2.22. The second-order valence-corrected chi connectivity index (χ2v) is 16.7. The van der Waals surface area contributed by atoms with Crippen LogP contribution in [0.1, 0.15) is 94.8 Å². The van der Waals surface area contributed by atoms with Gasteiger partial charge >= 0.3 is 5.97 Å². The third kappa shape index (κ3) is 12.4. The van der Waals surface area contributed by atoms with Crippen LogP contribution in [0.5, 0.6) is 0 Å². The number of Topliss-reactive ketones (excluding diaryl/α,β-unsaturated/α-hetero) is 2. The number of amides is 1. The highest BCUT2D eigenvalue weighted by Crippen LogP contribution is 2.29. The molecule has 0 aliphatic rings. The fraction of sp³-hybridized carbons (Fsp3) is 0.192. The Balaban J connectivity index is 0.000000183. The Morgan fingerprint density at radius 2 is 1.03 bits per heavy atom. The third-order valence-electron chi connectivity index (χ3n) is 10.5. The SMILES string of the molecule is CC(=O)c1ccc(-c2cccc(C(=O)NCC(C)(C)c3coc(-c4ccc(F)cc4)n3)c2)o1.CC(=O)c1ccc(-c2cccc(C(=O)O)c2)o1.CC(C)(CN)c1coc(-c2ccc(F)cc2)n1. The van der Waals surface area contributed by atoms with E-state index in [1.807, 2.05) is 33.8 Å². The predicted molar refractivity (Wildman–Crippen MR) is 246 cm³/mol. The lowest BCUT2D eigenvalue weighted by molar-refractivity contribution is 0.0696. The van der Waals surface area contributed by atoms with Gasteiger partial charge in [0.05, 0.1) is 17.0 Å². The van der Waals surface area contributed by atoms with Gasteiger partial charge in [-0.05, 0) is 97.1 Å². The van der Waals surface area contributed by atoms with Gasteiger partial charge in [-0.2, -0.15) is 0 Å². The van der Waals surface area contributed by atoms with Crippen molar-refractivity contribution in [3.8, 4) is 45.6 Å². The fourth-order valence-corrected chi connectivity index (χ4v) is 6.20. The van der Waals surface area contributed by atoms with Gasteiger partial charge in [-0.1, -0.05) is 52.0 Å². The summed E-state index contributed by atoms with van der Waals surface area (Å²) in [6, 6.07) is 31.9. The number of carbonyl (C=O) groups excluding carboxylic acids is 3. The van der Waals surface area contributed by atoms with Crippen LogP contribution in [0.15, 0.2) is 152 Å². The van der Waals surface area contributed by atoms with Crippen molar-refractivity contribution in [2.45, 2.75) is 52.4 Å². The molecule has 0 fully saturated rings. The third-order valence-corrected chi connectivity index (χ3v) is 10.5. The molecule has 0 atom stereocenters. The van der Waals surface area contributed by atoms with Gasteiger partial charge in [-0.3, -0.25) is 14.4 Å². The van der Waals surface area contributed by atoms with Gasteiger partial charge in [0, 0.05) is 65.6 Å². The Morgan fingerprint density at radius 1 is 0.597 bits per heavy atom. The number of benzene rings is 4. The Bertz CT molecular complexity index is 3000. The van der Waals surface area contributed by atoms with Crippen LogP contribution in [0, 0.1) is 11.6 Å². The number of halogens is 2. The number of furan rings is 2. The molecule has 0 saturated carbocycles. The first-order chi connectivity index (χ1) is 31.8. The first-order valence-corrected chi connectivity index (χ1v) is 20.9. The molecule has 8 rings (SSSR count). The standard InChI is InChI=1S/C26H23FN2O4.C13H15FN2O.C13H10O4/c1-16(30)21-11-12-22(33-21)18-5-4-6-19(13-18)24(31)28-15-26(2,3)23-14-32-25(29-23)17-7-9-20(27)10-8-17;1-13(2,8-15)11-7-17-12(16-11)9-3-5-10(14)6-4-9;1-8(14)11-5-6-12(17-11)9-3-2-4-10(7-9)13(15)16/h4-14H,15H2,1-3H3,(H,28,31);3-7H,8,15H2,1-2H3;2-7H,1H3,(H,15,16). The van der Waals surface area contributed by atoms with E-state index >= 15 is 0 Å². The van der Waals surface area contributed by atoms with Crippen molar-refractivity contribution in [3.63, 3.8) is 0 Å². The highest BCUT2D eigenvalue weighted by molar-refractivity contribution is 5.96. The molecular formula is C52H48F2N4O9. The van der Waals surface area contributed by atoms with Gasteiger partial charge in [0.2, 0.25) is 11.8 Å². The zero-order valence-electron chi connectivity index (χ0n) is 37.6. The van der Waals surface area contributed by atoms with Crippen molar-refractivity contribution in [1.29, 1.82) is 0 Å². The molecule has 0 radical (unpaired) electrons. The lowest BCUT2D eigenvalue weighted by Crippen LogP contribution is -2.36. The molecule has 4 aromatic heterocycles. The first-order valence-electron chi connectivity index (χ1n) is 20.9. The summed E-state index contributed by atoms with van der Waals surface area (Å²) in [6.07, 6.45) is 3.15. The minimum atomic E-state index is -0.995. The number of rotatable bonds is 13. The van der Waals surface area contributed by atoms with Crippen LogP contribution in [0.3, 0.4) is 0 Å². The number of nitrogens with one attached hydrogen (secondary N) is 1. The van der Waals surface area contributed by atoms with Crippen LogP contribution < -0.4 is 11.1 Å². The summed E-state index contributed by atoms with van der Waals surface area (Å²) in [4.78, 5) is 55.1. The molecule has 15 heteroatoms. The fourth-order valence-electron chi connectivity index (χ4n) is 6.20. The number of carboxylic acids is 1. The van der Waals surface area contributed by atoms with Gasteiger partial charge in [0.25, 0.3) is 5.91 Å². The number of nitrogens with two attached hydrogens (primary N) is 1. The largest absolute Gasteiger partial charge is 0.478 e. The van der Waals surface area contributed by atoms with Gasteiger partial charge in [0.15, 0.2) is 23.1 Å². The predicted octanol–water partition coefficient (Wildman–Crippen LogP) is 11.2. The van der Waals surface area contributed by atoms with E-state index in [1.54, 1.807) is 91.4 Å². The average Bonchev–Trinajstić information content (AvgIpc) is 4.17. The number of aromatic carboxylic acids is 1. The lowest BCUT2D eigenvalue weighted by atomic mass is 9.90. The molecular weight excluding hydrogens is 863 g/mol. The monoisotopic (exact) mass is 910 g/mol. The average molecular weight is 911 g/mol. The quantitative estimate of drug-likeness (QED) is 0.0924. The molecule has 8 aromatic rings. The van der Waals surface area contributed by atoms with Crippen molar-refractivity contribution in [2.75, 3.05) is 13.1 Å². The smallest absolute Gasteiger partial charge is 0.335 e. The number of ketones is 2. The topological polar surface area (TPSA) is 205 Å². The second-order valence-electron chi connectivity index (χ2n) is 16.7.